The van der Waals surface area contributed by atoms with Gasteiger partial charge in [0.25, 0.3) is 5.91 Å². The molecule has 4 nitrogen and oxygen atoms in total. The predicted octanol–water partition coefficient (Wildman–Crippen LogP) is 1.47. The van der Waals surface area contributed by atoms with Crippen LogP contribution in [0.5, 0.6) is 0 Å². The van der Waals surface area contributed by atoms with E-state index in [4.69, 9.17) is 0 Å². The molecule has 0 unspecified atom stereocenters. The quantitative estimate of drug-likeness (QED) is 0.592. The number of rotatable bonds is 7. The van der Waals surface area contributed by atoms with Gasteiger partial charge in [0.05, 0.1) is 31.1 Å². The SMILES string of the molecule is O=C(C[NH2+][C@H](c1ccccc1)c1cccs1)N1CC[NH+](Cc2ccccc2F)CC1. The van der Waals surface area contributed by atoms with Gasteiger partial charge in [-0.15, -0.1) is 11.3 Å². The molecule has 156 valence electrons. The van der Waals surface area contributed by atoms with Crippen LogP contribution in [-0.2, 0) is 11.3 Å². The Kier molecular flexibility index (Phi) is 6.89. The smallest absolute Gasteiger partial charge is 0.278 e. The Hall–Kier alpha value is -2.54. The Labute approximate surface area is 180 Å². The standard InChI is InChI=1S/C24H26FN3OS/c25-21-10-5-4-9-20(21)18-27-12-14-28(15-13-27)23(29)17-26-24(22-11-6-16-30-22)19-7-2-1-3-8-19/h1-11,16,24,26H,12-15,17-18H2/p+2/t24-/m1/s1. The summed E-state index contributed by atoms with van der Waals surface area (Å²) in [6, 6.07) is 21.6. The van der Waals surface area contributed by atoms with E-state index in [2.05, 4.69) is 35.0 Å². The second kappa shape index (κ2) is 9.98. The minimum Gasteiger partial charge on any atom is -0.328 e. The Morgan fingerprint density at radius 2 is 1.77 bits per heavy atom. The zero-order chi connectivity index (χ0) is 20.8. The van der Waals surface area contributed by atoms with Gasteiger partial charge in [0.15, 0.2) is 6.54 Å². The van der Waals surface area contributed by atoms with Crippen LogP contribution < -0.4 is 10.2 Å². The first-order valence-corrected chi connectivity index (χ1v) is 11.3. The molecule has 0 aliphatic carbocycles. The van der Waals surface area contributed by atoms with E-state index in [9.17, 15) is 9.18 Å². The van der Waals surface area contributed by atoms with E-state index in [-0.39, 0.29) is 17.8 Å². The Morgan fingerprint density at radius 1 is 1.03 bits per heavy atom. The van der Waals surface area contributed by atoms with Gasteiger partial charge < -0.3 is 15.1 Å². The molecule has 0 saturated carbocycles. The van der Waals surface area contributed by atoms with E-state index in [1.165, 1.54) is 21.4 Å². The van der Waals surface area contributed by atoms with E-state index in [0.717, 1.165) is 31.7 Å². The molecule has 0 spiro atoms. The molecule has 1 amide bonds. The summed E-state index contributed by atoms with van der Waals surface area (Å²) >= 11 is 1.73. The highest BCUT2D eigenvalue weighted by Gasteiger charge is 2.27. The lowest BCUT2D eigenvalue weighted by molar-refractivity contribution is -0.917. The molecule has 2 aromatic carbocycles. The number of nitrogens with zero attached hydrogens (tertiary/aromatic N) is 1. The molecular weight excluding hydrogens is 397 g/mol. The summed E-state index contributed by atoms with van der Waals surface area (Å²) in [5.41, 5.74) is 1.97. The fraction of sp³-hybridized carbons (Fsp3) is 0.292. The van der Waals surface area contributed by atoms with Crippen molar-refractivity contribution >= 4 is 17.2 Å². The van der Waals surface area contributed by atoms with Crippen LogP contribution in [0.2, 0.25) is 0 Å². The Morgan fingerprint density at radius 3 is 2.47 bits per heavy atom. The van der Waals surface area contributed by atoms with Crippen molar-refractivity contribution < 1.29 is 19.4 Å². The minimum absolute atomic E-state index is 0.140. The molecule has 3 aromatic rings. The first kappa shape index (κ1) is 20.7. The molecule has 30 heavy (non-hydrogen) atoms. The number of amides is 1. The number of hydrogen-bond acceptors (Lipinski definition) is 2. The minimum atomic E-state index is -0.140. The average Bonchev–Trinajstić information content (AvgIpc) is 3.31. The molecule has 1 fully saturated rings. The molecule has 2 heterocycles. The average molecular weight is 426 g/mol. The molecule has 1 aromatic heterocycles. The Bertz CT molecular complexity index is 940. The molecule has 1 saturated heterocycles. The van der Waals surface area contributed by atoms with Crippen molar-refractivity contribution in [1.29, 1.82) is 0 Å². The summed E-state index contributed by atoms with van der Waals surface area (Å²) in [6.07, 6.45) is 0. The molecule has 3 N–H and O–H groups in total. The summed E-state index contributed by atoms with van der Waals surface area (Å²) < 4.78 is 13.9. The number of nitrogens with one attached hydrogen (secondary N) is 1. The van der Waals surface area contributed by atoms with Crippen LogP contribution >= 0.6 is 11.3 Å². The van der Waals surface area contributed by atoms with Gasteiger partial charge in [-0.25, -0.2) is 4.39 Å². The summed E-state index contributed by atoms with van der Waals surface area (Å²) in [5, 5.41) is 4.22. The zero-order valence-corrected chi connectivity index (χ0v) is 17.8. The lowest BCUT2D eigenvalue weighted by Gasteiger charge is -2.32. The van der Waals surface area contributed by atoms with Crippen LogP contribution in [0.25, 0.3) is 0 Å². The second-order valence-corrected chi connectivity index (χ2v) is 8.72. The van der Waals surface area contributed by atoms with Gasteiger partial charge in [0, 0.05) is 11.1 Å². The van der Waals surface area contributed by atoms with Crippen molar-refractivity contribution in [2.75, 3.05) is 32.7 Å². The first-order chi connectivity index (χ1) is 14.7. The monoisotopic (exact) mass is 425 g/mol. The lowest BCUT2D eigenvalue weighted by atomic mass is 10.1. The van der Waals surface area contributed by atoms with Gasteiger partial charge in [-0.1, -0.05) is 54.6 Å². The van der Waals surface area contributed by atoms with Crippen LogP contribution in [0.3, 0.4) is 0 Å². The molecule has 1 aliphatic rings. The molecule has 0 bridgehead atoms. The zero-order valence-electron chi connectivity index (χ0n) is 17.0. The molecule has 1 atom stereocenters. The van der Waals surface area contributed by atoms with Gasteiger partial charge in [-0.05, 0) is 17.5 Å². The highest BCUT2D eigenvalue weighted by Crippen LogP contribution is 2.22. The molecule has 6 heteroatoms. The van der Waals surface area contributed by atoms with Gasteiger partial charge in [-0.2, -0.15) is 0 Å². The van der Waals surface area contributed by atoms with Crippen molar-refractivity contribution in [3.8, 4) is 0 Å². The maximum Gasteiger partial charge on any atom is 0.278 e. The molecule has 1 aliphatic heterocycles. The number of thiophene rings is 1. The number of carbonyl (C=O) groups excluding carboxylic acids is 1. The Balaban J connectivity index is 1.30. The number of piperazine rings is 1. The normalized spacial score (nSPS) is 15.8. The number of carbonyl (C=O) groups is 1. The predicted molar refractivity (Wildman–Crippen MR) is 117 cm³/mol. The van der Waals surface area contributed by atoms with Crippen LogP contribution in [0, 0.1) is 5.82 Å². The molecule has 4 rings (SSSR count). The third kappa shape index (κ3) is 5.14. The number of benzene rings is 2. The third-order valence-corrected chi connectivity index (χ3v) is 6.71. The van der Waals surface area contributed by atoms with E-state index >= 15 is 0 Å². The topological polar surface area (TPSA) is 41.4 Å². The number of nitrogens with two attached hydrogens (primary N) is 1. The summed E-state index contributed by atoms with van der Waals surface area (Å²) in [6.45, 7) is 4.27. The highest BCUT2D eigenvalue weighted by atomic mass is 32.1. The summed E-state index contributed by atoms with van der Waals surface area (Å²) in [4.78, 5) is 17.4. The van der Waals surface area contributed by atoms with Crippen LogP contribution in [0.1, 0.15) is 22.0 Å². The van der Waals surface area contributed by atoms with Gasteiger partial charge >= 0.3 is 0 Å². The van der Waals surface area contributed by atoms with Crippen LogP contribution in [0.15, 0.2) is 72.1 Å². The summed E-state index contributed by atoms with van der Waals surface area (Å²) in [5.74, 6) is 0.0380. The van der Waals surface area contributed by atoms with E-state index in [1.54, 1.807) is 17.4 Å². The number of hydrogen-bond donors (Lipinski definition) is 2. The fourth-order valence-corrected chi connectivity index (χ4v) is 4.90. The van der Waals surface area contributed by atoms with Crippen molar-refractivity contribution in [1.82, 2.24) is 4.90 Å². The molecule has 0 radical (unpaired) electrons. The van der Waals surface area contributed by atoms with Gasteiger partial charge in [0.1, 0.15) is 18.4 Å². The second-order valence-electron chi connectivity index (χ2n) is 7.74. The maximum atomic E-state index is 13.9. The number of quaternary nitrogens is 2. The van der Waals surface area contributed by atoms with Crippen molar-refractivity contribution in [2.45, 2.75) is 12.6 Å². The van der Waals surface area contributed by atoms with E-state index in [1.807, 2.05) is 35.2 Å². The van der Waals surface area contributed by atoms with E-state index in [0.29, 0.717) is 13.1 Å². The van der Waals surface area contributed by atoms with Gasteiger partial charge in [-0.3, -0.25) is 4.79 Å². The fourth-order valence-electron chi connectivity index (χ4n) is 4.05. The maximum absolute atomic E-state index is 13.9. The first-order valence-electron chi connectivity index (χ1n) is 10.5. The number of halogens is 1. The van der Waals surface area contributed by atoms with Crippen LogP contribution in [-0.4, -0.2) is 43.5 Å². The van der Waals surface area contributed by atoms with Crippen molar-refractivity contribution in [2.24, 2.45) is 0 Å². The van der Waals surface area contributed by atoms with Crippen molar-refractivity contribution in [3.63, 3.8) is 0 Å². The molecular formula is C24H28FN3OS+2. The largest absolute Gasteiger partial charge is 0.328 e. The lowest BCUT2D eigenvalue weighted by Crippen LogP contribution is -3.13. The third-order valence-electron chi connectivity index (χ3n) is 5.76. The highest BCUT2D eigenvalue weighted by molar-refractivity contribution is 7.10. The van der Waals surface area contributed by atoms with Gasteiger partial charge in [0.2, 0.25) is 0 Å². The van der Waals surface area contributed by atoms with Crippen LogP contribution in [0.4, 0.5) is 4.39 Å². The van der Waals surface area contributed by atoms with E-state index < -0.39 is 0 Å². The summed E-state index contributed by atoms with van der Waals surface area (Å²) in [7, 11) is 0. The van der Waals surface area contributed by atoms with Crippen molar-refractivity contribution in [3.05, 3.63) is 93.9 Å².